The normalized spacial score (nSPS) is 11.2. The lowest BCUT2D eigenvalue weighted by molar-refractivity contribution is 0.191. The van der Waals surface area contributed by atoms with Crippen molar-refractivity contribution >= 4 is 20.9 Å². The molecule has 107 valence electrons. The summed E-state index contributed by atoms with van der Waals surface area (Å²) < 4.78 is 11.8. The van der Waals surface area contributed by atoms with Gasteiger partial charge in [-0.3, -0.25) is 0 Å². The molecule has 19 heavy (non-hydrogen) atoms. The van der Waals surface area contributed by atoms with Crippen LogP contribution in [0.2, 0.25) is 5.02 Å². The zero-order valence-electron chi connectivity index (χ0n) is 12.0. The van der Waals surface area contributed by atoms with E-state index in [9.17, 15) is 0 Å². The van der Waals surface area contributed by atoms with E-state index in [1.807, 2.05) is 18.2 Å². The van der Waals surface area contributed by atoms with Gasteiger partial charge in [0.25, 0.3) is 0 Å². The summed E-state index contributed by atoms with van der Waals surface area (Å²) in [6.45, 7) is 5.95. The van der Waals surface area contributed by atoms with Gasteiger partial charge in [0.15, 0.2) is 0 Å². The summed E-state index contributed by atoms with van der Waals surface area (Å²) in [5, 5.41) is 0.779. The first-order valence-corrected chi connectivity index (χ1v) is 9.02. The Morgan fingerprint density at radius 2 is 1.68 bits per heavy atom. The van der Waals surface area contributed by atoms with E-state index in [-0.39, 0.29) is 0 Å². The molecular formula is C15H24ClO2Si. The predicted molar refractivity (Wildman–Crippen MR) is 82.6 cm³/mol. The van der Waals surface area contributed by atoms with Crippen LogP contribution in [0.1, 0.15) is 45.1 Å². The van der Waals surface area contributed by atoms with Gasteiger partial charge in [-0.2, -0.15) is 0 Å². The third kappa shape index (κ3) is 7.73. The summed E-state index contributed by atoms with van der Waals surface area (Å²) in [5.41, 5.74) is 1.20. The molecule has 1 rings (SSSR count). The SMILES string of the molecule is CCCCO[Si](Cc1cccc(Cl)c1)OCCCC. The highest BCUT2D eigenvalue weighted by Gasteiger charge is 2.16. The van der Waals surface area contributed by atoms with E-state index >= 15 is 0 Å². The molecular weight excluding hydrogens is 276 g/mol. The molecule has 0 aliphatic carbocycles. The van der Waals surface area contributed by atoms with Crippen LogP contribution in [0.4, 0.5) is 0 Å². The second-order valence-corrected chi connectivity index (χ2v) is 6.69. The highest BCUT2D eigenvalue weighted by atomic mass is 35.5. The summed E-state index contributed by atoms with van der Waals surface area (Å²) >= 11 is 6.01. The van der Waals surface area contributed by atoms with E-state index in [0.29, 0.717) is 0 Å². The number of hydrogen-bond acceptors (Lipinski definition) is 2. The van der Waals surface area contributed by atoms with E-state index in [1.165, 1.54) is 5.56 Å². The second kappa shape index (κ2) is 10.4. The van der Waals surface area contributed by atoms with Gasteiger partial charge in [-0.15, -0.1) is 0 Å². The molecule has 0 atom stereocenters. The number of benzene rings is 1. The van der Waals surface area contributed by atoms with Crippen molar-refractivity contribution in [1.82, 2.24) is 0 Å². The average molecular weight is 300 g/mol. The Morgan fingerprint density at radius 1 is 1.05 bits per heavy atom. The quantitative estimate of drug-likeness (QED) is 0.466. The Labute approximate surface area is 123 Å². The Bertz CT molecular complexity index is 337. The van der Waals surface area contributed by atoms with Crippen LogP contribution in [0, 0.1) is 0 Å². The minimum absolute atomic E-state index is 0.779. The topological polar surface area (TPSA) is 18.5 Å². The molecule has 0 spiro atoms. The Balaban J connectivity index is 2.46. The van der Waals surface area contributed by atoms with Crippen LogP contribution in [0.5, 0.6) is 0 Å². The third-order valence-corrected chi connectivity index (χ3v) is 4.74. The molecule has 0 bridgehead atoms. The maximum atomic E-state index is 6.01. The summed E-state index contributed by atoms with van der Waals surface area (Å²) in [7, 11) is -1.22. The lowest BCUT2D eigenvalue weighted by atomic mass is 10.2. The van der Waals surface area contributed by atoms with Crippen molar-refractivity contribution in [1.29, 1.82) is 0 Å². The molecule has 0 unspecified atom stereocenters. The molecule has 0 heterocycles. The van der Waals surface area contributed by atoms with Gasteiger partial charge >= 0.3 is 9.28 Å². The van der Waals surface area contributed by atoms with Crippen LogP contribution in [0.25, 0.3) is 0 Å². The molecule has 0 fully saturated rings. The van der Waals surface area contributed by atoms with Crippen molar-refractivity contribution < 1.29 is 8.85 Å². The zero-order valence-corrected chi connectivity index (χ0v) is 13.7. The highest BCUT2D eigenvalue weighted by molar-refractivity contribution is 6.43. The first-order chi connectivity index (χ1) is 9.26. The van der Waals surface area contributed by atoms with Crippen LogP contribution in [-0.2, 0) is 14.9 Å². The standard InChI is InChI=1S/C15H24ClO2Si/c1-3-5-10-17-19(18-11-6-4-2)13-14-8-7-9-15(16)12-14/h7-9,12H,3-6,10-11,13H2,1-2H3. The van der Waals surface area contributed by atoms with Crippen LogP contribution in [0.15, 0.2) is 24.3 Å². The van der Waals surface area contributed by atoms with Gasteiger partial charge < -0.3 is 8.85 Å². The van der Waals surface area contributed by atoms with Crippen molar-refractivity contribution in [2.24, 2.45) is 0 Å². The number of rotatable bonds is 10. The molecule has 0 aromatic heterocycles. The smallest absolute Gasteiger partial charge is 0.389 e. The highest BCUT2D eigenvalue weighted by Crippen LogP contribution is 2.13. The molecule has 1 radical (unpaired) electrons. The largest absolute Gasteiger partial charge is 0.393 e. The number of halogens is 1. The lowest BCUT2D eigenvalue weighted by Crippen LogP contribution is -2.27. The van der Waals surface area contributed by atoms with Gasteiger partial charge in [0, 0.05) is 24.3 Å². The fourth-order valence-electron chi connectivity index (χ4n) is 1.62. The van der Waals surface area contributed by atoms with Gasteiger partial charge in [0.2, 0.25) is 0 Å². The molecule has 1 aromatic carbocycles. The van der Waals surface area contributed by atoms with Gasteiger partial charge in [-0.1, -0.05) is 50.4 Å². The maximum Gasteiger partial charge on any atom is 0.389 e. The second-order valence-electron chi connectivity index (χ2n) is 4.58. The Morgan fingerprint density at radius 3 is 2.21 bits per heavy atom. The molecule has 0 aliphatic heterocycles. The van der Waals surface area contributed by atoms with E-state index in [0.717, 1.165) is 50.0 Å². The third-order valence-electron chi connectivity index (χ3n) is 2.76. The van der Waals surface area contributed by atoms with Gasteiger partial charge in [0.05, 0.1) is 0 Å². The van der Waals surface area contributed by atoms with E-state index in [2.05, 4.69) is 19.9 Å². The first kappa shape index (κ1) is 16.7. The lowest BCUT2D eigenvalue weighted by Gasteiger charge is -2.15. The van der Waals surface area contributed by atoms with E-state index < -0.39 is 9.28 Å². The fraction of sp³-hybridized carbons (Fsp3) is 0.600. The molecule has 1 aromatic rings. The van der Waals surface area contributed by atoms with E-state index in [4.69, 9.17) is 20.5 Å². The number of unbranched alkanes of at least 4 members (excludes halogenated alkanes) is 2. The van der Waals surface area contributed by atoms with Crippen molar-refractivity contribution in [2.45, 2.75) is 45.6 Å². The molecule has 0 saturated carbocycles. The molecule has 4 heteroatoms. The fourth-order valence-corrected chi connectivity index (χ4v) is 3.42. The average Bonchev–Trinajstić information content (AvgIpc) is 2.39. The molecule has 2 nitrogen and oxygen atoms in total. The molecule has 0 amide bonds. The summed E-state index contributed by atoms with van der Waals surface area (Å²) in [6, 6.07) is 8.82. The molecule has 0 aliphatic rings. The summed E-state index contributed by atoms with van der Waals surface area (Å²) in [5.74, 6) is 0. The maximum absolute atomic E-state index is 6.01. The van der Waals surface area contributed by atoms with Gasteiger partial charge in [-0.05, 0) is 30.5 Å². The monoisotopic (exact) mass is 299 g/mol. The van der Waals surface area contributed by atoms with Crippen LogP contribution >= 0.6 is 11.6 Å². The minimum Gasteiger partial charge on any atom is -0.393 e. The molecule has 0 N–H and O–H groups in total. The van der Waals surface area contributed by atoms with Crippen LogP contribution in [0.3, 0.4) is 0 Å². The van der Waals surface area contributed by atoms with E-state index in [1.54, 1.807) is 0 Å². The van der Waals surface area contributed by atoms with Crippen molar-refractivity contribution in [3.63, 3.8) is 0 Å². The zero-order chi connectivity index (χ0) is 13.9. The van der Waals surface area contributed by atoms with Crippen LogP contribution in [-0.4, -0.2) is 22.5 Å². The molecule has 0 saturated heterocycles. The van der Waals surface area contributed by atoms with Gasteiger partial charge in [0.1, 0.15) is 0 Å². The van der Waals surface area contributed by atoms with Gasteiger partial charge in [-0.25, -0.2) is 0 Å². The summed E-state index contributed by atoms with van der Waals surface area (Å²) in [6.07, 6.45) is 4.50. The van der Waals surface area contributed by atoms with Crippen molar-refractivity contribution in [2.75, 3.05) is 13.2 Å². The van der Waals surface area contributed by atoms with Crippen molar-refractivity contribution in [3.8, 4) is 0 Å². The summed E-state index contributed by atoms with van der Waals surface area (Å²) in [4.78, 5) is 0. The minimum atomic E-state index is -1.22. The Kier molecular flexibility index (Phi) is 9.17. The van der Waals surface area contributed by atoms with Crippen molar-refractivity contribution in [3.05, 3.63) is 34.9 Å². The van der Waals surface area contributed by atoms with Crippen LogP contribution < -0.4 is 0 Å². The predicted octanol–water partition coefficient (Wildman–Crippen LogP) is 4.54. The first-order valence-electron chi connectivity index (χ1n) is 7.12. The number of hydrogen-bond donors (Lipinski definition) is 0. The Hall–Kier alpha value is -0.353.